The Balaban J connectivity index is 1.22. The van der Waals surface area contributed by atoms with Crippen LogP contribution in [0.3, 0.4) is 0 Å². The molecular weight excluding hydrogens is 451 g/mol. The first kappa shape index (κ1) is 23.3. The molecule has 184 valence electrons. The van der Waals surface area contributed by atoms with Crippen LogP contribution in [0.5, 0.6) is 11.5 Å². The van der Waals surface area contributed by atoms with E-state index in [1.807, 2.05) is 17.0 Å². The molecule has 1 saturated heterocycles. The predicted molar refractivity (Wildman–Crippen MR) is 127 cm³/mol. The number of amides is 1. The lowest BCUT2D eigenvalue weighted by Gasteiger charge is -2.34. The number of hydrogen-bond donors (Lipinski definition) is 0. The van der Waals surface area contributed by atoms with E-state index in [0.717, 1.165) is 31.4 Å². The summed E-state index contributed by atoms with van der Waals surface area (Å²) in [6.07, 6.45) is 2.64. The number of ether oxygens (including phenoxy) is 2. The molecule has 2 aliphatic heterocycles. The van der Waals surface area contributed by atoms with Crippen LogP contribution in [0.2, 0.25) is 0 Å². The summed E-state index contributed by atoms with van der Waals surface area (Å²) < 4.78 is 29.9. The second-order valence-corrected chi connectivity index (χ2v) is 9.08. The third kappa shape index (κ3) is 5.00. The molecule has 2 aromatic carbocycles. The summed E-state index contributed by atoms with van der Waals surface area (Å²) in [6.45, 7) is 3.12. The molecule has 0 saturated carbocycles. The van der Waals surface area contributed by atoms with Gasteiger partial charge in [0.25, 0.3) is 0 Å². The molecule has 35 heavy (non-hydrogen) atoms. The summed E-state index contributed by atoms with van der Waals surface area (Å²) in [7, 11) is 3.25. The molecule has 8 nitrogen and oxygen atoms in total. The van der Waals surface area contributed by atoms with Crippen LogP contribution in [0.1, 0.15) is 35.8 Å². The molecule has 1 fully saturated rings. The highest BCUT2D eigenvalue weighted by Gasteiger charge is 2.29. The number of halogens is 1. The van der Waals surface area contributed by atoms with Gasteiger partial charge in [0.05, 0.1) is 26.7 Å². The molecule has 0 radical (unpaired) electrons. The first-order valence-corrected chi connectivity index (χ1v) is 11.9. The normalized spacial score (nSPS) is 18.3. The van der Waals surface area contributed by atoms with Gasteiger partial charge in [-0.05, 0) is 61.2 Å². The number of likely N-dealkylation sites (tertiary alicyclic amines) is 1. The largest absolute Gasteiger partial charge is 0.493 e. The van der Waals surface area contributed by atoms with Gasteiger partial charge in [-0.1, -0.05) is 17.3 Å². The number of nitrogens with zero attached hydrogens (tertiary/aromatic N) is 4. The third-order valence-electron chi connectivity index (χ3n) is 6.81. The summed E-state index contributed by atoms with van der Waals surface area (Å²) in [6, 6.07) is 10.1. The number of piperidine rings is 1. The summed E-state index contributed by atoms with van der Waals surface area (Å²) in [5, 5.41) is 4.04. The van der Waals surface area contributed by atoms with Gasteiger partial charge in [-0.3, -0.25) is 9.69 Å². The molecule has 1 aromatic heterocycles. The van der Waals surface area contributed by atoms with Gasteiger partial charge in [0.1, 0.15) is 5.82 Å². The van der Waals surface area contributed by atoms with Crippen LogP contribution >= 0.6 is 0 Å². The molecule has 3 heterocycles. The van der Waals surface area contributed by atoms with E-state index in [2.05, 4.69) is 15.0 Å². The highest BCUT2D eigenvalue weighted by atomic mass is 19.1. The number of carbonyl (C=O) groups is 1. The molecular formula is C26H29FN4O4. The molecule has 2 aliphatic rings. The molecule has 0 N–H and O–H groups in total. The van der Waals surface area contributed by atoms with E-state index in [9.17, 15) is 9.18 Å². The van der Waals surface area contributed by atoms with E-state index in [1.165, 1.54) is 17.7 Å². The minimum Gasteiger partial charge on any atom is -0.493 e. The van der Waals surface area contributed by atoms with Crippen LogP contribution < -0.4 is 9.47 Å². The van der Waals surface area contributed by atoms with Crippen LogP contribution in [-0.2, 0) is 17.8 Å². The van der Waals surface area contributed by atoms with E-state index in [4.69, 9.17) is 14.0 Å². The minimum absolute atomic E-state index is 0.0465. The van der Waals surface area contributed by atoms with Crippen molar-refractivity contribution in [3.8, 4) is 22.9 Å². The van der Waals surface area contributed by atoms with Crippen molar-refractivity contribution in [1.29, 1.82) is 0 Å². The third-order valence-corrected chi connectivity index (χ3v) is 6.81. The molecule has 1 atom stereocenters. The van der Waals surface area contributed by atoms with Gasteiger partial charge in [-0.2, -0.15) is 4.98 Å². The maximum atomic E-state index is 13.6. The molecule has 9 heteroatoms. The Kier molecular flexibility index (Phi) is 6.68. The minimum atomic E-state index is -0.339. The lowest BCUT2D eigenvalue weighted by atomic mass is 9.97. The van der Waals surface area contributed by atoms with Gasteiger partial charge in [-0.15, -0.1) is 0 Å². The molecule has 0 spiro atoms. The zero-order valence-corrected chi connectivity index (χ0v) is 20.0. The van der Waals surface area contributed by atoms with E-state index < -0.39 is 0 Å². The smallest absolute Gasteiger partial charge is 0.237 e. The topological polar surface area (TPSA) is 80.9 Å². The summed E-state index contributed by atoms with van der Waals surface area (Å²) in [5.41, 5.74) is 2.87. The molecule has 1 amide bonds. The number of aromatic nitrogens is 2. The van der Waals surface area contributed by atoms with Gasteiger partial charge >= 0.3 is 0 Å². The Hall–Kier alpha value is -3.46. The molecule has 5 rings (SSSR count). The zero-order chi connectivity index (χ0) is 24.4. The first-order chi connectivity index (χ1) is 17.0. The molecule has 3 aromatic rings. The van der Waals surface area contributed by atoms with Gasteiger partial charge in [0, 0.05) is 25.2 Å². The average Bonchev–Trinajstić information content (AvgIpc) is 3.38. The quantitative estimate of drug-likeness (QED) is 0.533. The van der Waals surface area contributed by atoms with Gasteiger partial charge < -0.3 is 18.9 Å². The number of fused-ring (bicyclic) bond motifs is 1. The Bertz CT molecular complexity index is 1210. The van der Waals surface area contributed by atoms with Gasteiger partial charge in [0.2, 0.25) is 17.6 Å². The van der Waals surface area contributed by atoms with Crippen molar-refractivity contribution in [3.05, 3.63) is 59.2 Å². The van der Waals surface area contributed by atoms with Crippen molar-refractivity contribution in [2.75, 3.05) is 40.4 Å². The van der Waals surface area contributed by atoms with E-state index in [-0.39, 0.29) is 17.6 Å². The number of benzene rings is 2. The Morgan fingerprint density at radius 2 is 1.94 bits per heavy atom. The fourth-order valence-electron chi connectivity index (χ4n) is 4.93. The Labute approximate surface area is 203 Å². The second kappa shape index (κ2) is 10.0. The second-order valence-electron chi connectivity index (χ2n) is 9.08. The van der Waals surface area contributed by atoms with Crippen LogP contribution in [0.25, 0.3) is 11.4 Å². The first-order valence-electron chi connectivity index (χ1n) is 11.9. The lowest BCUT2D eigenvalue weighted by molar-refractivity contribution is -0.133. The van der Waals surface area contributed by atoms with Crippen LogP contribution in [0, 0.1) is 5.82 Å². The van der Waals surface area contributed by atoms with Gasteiger partial charge in [0.15, 0.2) is 11.5 Å². The summed E-state index contributed by atoms with van der Waals surface area (Å²) in [4.78, 5) is 21.7. The maximum Gasteiger partial charge on any atom is 0.237 e. The van der Waals surface area contributed by atoms with Crippen molar-refractivity contribution < 1.29 is 23.2 Å². The number of rotatable bonds is 6. The number of carbonyl (C=O) groups excluding carboxylic acids is 1. The fraction of sp³-hybridized carbons (Fsp3) is 0.423. The lowest BCUT2D eigenvalue weighted by Crippen LogP contribution is -2.45. The van der Waals surface area contributed by atoms with Crippen molar-refractivity contribution in [1.82, 2.24) is 19.9 Å². The summed E-state index contributed by atoms with van der Waals surface area (Å²) >= 11 is 0. The number of methoxy groups -OCH3 is 2. The zero-order valence-electron chi connectivity index (χ0n) is 20.0. The van der Waals surface area contributed by atoms with E-state index >= 15 is 0 Å². The highest BCUT2D eigenvalue weighted by molar-refractivity contribution is 5.78. The van der Waals surface area contributed by atoms with Crippen molar-refractivity contribution in [2.45, 2.75) is 31.7 Å². The highest BCUT2D eigenvalue weighted by Crippen LogP contribution is 2.33. The van der Waals surface area contributed by atoms with E-state index in [1.54, 1.807) is 26.4 Å². The Morgan fingerprint density at radius 1 is 1.14 bits per heavy atom. The number of hydrogen-bond acceptors (Lipinski definition) is 7. The van der Waals surface area contributed by atoms with Gasteiger partial charge in [-0.25, -0.2) is 4.39 Å². The van der Waals surface area contributed by atoms with Crippen molar-refractivity contribution >= 4 is 5.91 Å². The molecule has 0 bridgehead atoms. The Morgan fingerprint density at radius 3 is 2.71 bits per heavy atom. The van der Waals surface area contributed by atoms with Crippen molar-refractivity contribution in [3.63, 3.8) is 0 Å². The standard InChI is InChI=1S/C26H29FN4O4/c1-33-22-12-17-8-10-31(15-20(17)13-23(22)34-2)24(32)16-30-9-4-6-19(14-30)26-28-25(29-35-26)18-5-3-7-21(27)11-18/h3,5,7,11-13,19H,4,6,8-10,14-16H2,1-2H3. The SMILES string of the molecule is COc1cc2c(cc1OC)CN(C(=O)CN1CCCC(c3nc(-c4cccc(F)c4)no3)C1)CC2. The molecule has 0 aliphatic carbocycles. The summed E-state index contributed by atoms with van der Waals surface area (Å²) in [5.74, 6) is 2.13. The predicted octanol–water partition coefficient (Wildman–Crippen LogP) is 3.66. The average molecular weight is 481 g/mol. The fourth-order valence-corrected chi connectivity index (χ4v) is 4.93. The van der Waals surface area contributed by atoms with Crippen molar-refractivity contribution in [2.24, 2.45) is 0 Å². The van der Waals surface area contributed by atoms with Crippen LogP contribution in [-0.4, -0.2) is 66.2 Å². The molecule has 1 unspecified atom stereocenters. The monoisotopic (exact) mass is 480 g/mol. The van der Waals surface area contributed by atoms with Crippen LogP contribution in [0.15, 0.2) is 40.9 Å². The van der Waals surface area contributed by atoms with Crippen LogP contribution in [0.4, 0.5) is 4.39 Å². The van der Waals surface area contributed by atoms with E-state index in [0.29, 0.717) is 55.0 Å². The maximum absolute atomic E-state index is 13.6.